The molecule has 4 nitrogen and oxygen atoms in total. The Morgan fingerprint density at radius 3 is 3.00 bits per heavy atom. The Labute approximate surface area is 98.0 Å². The van der Waals surface area contributed by atoms with Crippen LogP contribution in [0.5, 0.6) is 0 Å². The Morgan fingerprint density at radius 1 is 1.67 bits per heavy atom. The fraction of sp³-hybridized carbons (Fsp3) is 0.500. The summed E-state index contributed by atoms with van der Waals surface area (Å²) in [5.74, 6) is -0.0698. The number of rotatable bonds is 5. The van der Waals surface area contributed by atoms with Gasteiger partial charge in [0.2, 0.25) is 0 Å². The molecule has 0 unspecified atom stereocenters. The number of carbonyl (C=O) groups excluding carboxylic acids is 1. The summed E-state index contributed by atoms with van der Waals surface area (Å²) in [5.41, 5.74) is 6.00. The minimum Gasteiger partial charge on any atom is -0.349 e. The number of halogens is 1. The summed E-state index contributed by atoms with van der Waals surface area (Å²) in [4.78, 5) is 11.7. The van der Waals surface area contributed by atoms with E-state index in [1.54, 1.807) is 0 Å². The first-order valence-electron chi connectivity index (χ1n) is 5.03. The number of nitrogens with one attached hydrogen (secondary N) is 1. The van der Waals surface area contributed by atoms with Crippen molar-refractivity contribution in [3.8, 4) is 0 Å². The van der Waals surface area contributed by atoms with E-state index in [-0.39, 0.29) is 5.91 Å². The third-order valence-electron chi connectivity index (χ3n) is 1.99. The van der Waals surface area contributed by atoms with Crippen molar-refractivity contribution in [3.63, 3.8) is 0 Å². The lowest BCUT2D eigenvalue weighted by Gasteiger charge is -2.07. The van der Waals surface area contributed by atoms with Crippen LogP contribution >= 0.6 is 15.9 Å². The van der Waals surface area contributed by atoms with Crippen molar-refractivity contribution in [2.24, 2.45) is 5.73 Å². The van der Waals surface area contributed by atoms with Crippen LogP contribution in [0.3, 0.4) is 0 Å². The second-order valence-corrected chi connectivity index (χ2v) is 4.20. The molecular formula is C10H16BrN3O. The molecule has 0 atom stereocenters. The highest BCUT2D eigenvalue weighted by Crippen LogP contribution is 2.15. The van der Waals surface area contributed by atoms with Crippen LogP contribution in [0.25, 0.3) is 0 Å². The van der Waals surface area contributed by atoms with Crippen LogP contribution in [0.15, 0.2) is 16.7 Å². The molecule has 1 aromatic heterocycles. The minimum absolute atomic E-state index is 0.0698. The Kier molecular flexibility index (Phi) is 4.84. The van der Waals surface area contributed by atoms with Crippen LogP contribution in [-0.2, 0) is 6.54 Å². The smallest absolute Gasteiger partial charge is 0.267 e. The first kappa shape index (κ1) is 12.3. The summed E-state index contributed by atoms with van der Waals surface area (Å²) in [6.45, 7) is 3.89. The maximum absolute atomic E-state index is 11.7. The van der Waals surface area contributed by atoms with Crippen LogP contribution < -0.4 is 11.1 Å². The Balaban J connectivity index is 2.77. The largest absolute Gasteiger partial charge is 0.349 e. The predicted molar refractivity (Wildman–Crippen MR) is 63.8 cm³/mol. The van der Waals surface area contributed by atoms with Gasteiger partial charge in [-0.25, -0.2) is 0 Å². The molecule has 1 aromatic rings. The molecule has 1 amide bonds. The molecule has 84 valence electrons. The molecule has 0 spiro atoms. The van der Waals surface area contributed by atoms with Crippen LogP contribution in [0.4, 0.5) is 0 Å². The Hall–Kier alpha value is -0.810. The predicted octanol–water partition coefficient (Wildman–Crippen LogP) is 1.35. The van der Waals surface area contributed by atoms with E-state index in [1.165, 1.54) is 0 Å². The van der Waals surface area contributed by atoms with Gasteiger partial charge in [-0.15, -0.1) is 0 Å². The number of nitrogens with zero attached hydrogens (tertiary/aromatic N) is 1. The van der Waals surface area contributed by atoms with Gasteiger partial charge in [0.25, 0.3) is 5.91 Å². The van der Waals surface area contributed by atoms with Crippen LogP contribution in [0.1, 0.15) is 23.8 Å². The Bertz CT molecular complexity index is 335. The van der Waals surface area contributed by atoms with E-state index in [9.17, 15) is 4.79 Å². The van der Waals surface area contributed by atoms with E-state index >= 15 is 0 Å². The number of aromatic nitrogens is 1. The zero-order chi connectivity index (χ0) is 11.3. The van der Waals surface area contributed by atoms with Crippen molar-refractivity contribution < 1.29 is 4.79 Å². The van der Waals surface area contributed by atoms with Crippen molar-refractivity contribution in [3.05, 3.63) is 22.4 Å². The SMILES string of the molecule is CCCn1cc(Br)cc1C(=O)NCCN. The van der Waals surface area contributed by atoms with Gasteiger partial charge in [-0.3, -0.25) is 4.79 Å². The van der Waals surface area contributed by atoms with Gasteiger partial charge in [0.05, 0.1) is 0 Å². The van der Waals surface area contributed by atoms with Gasteiger partial charge in [0.1, 0.15) is 5.69 Å². The molecule has 0 saturated heterocycles. The number of aryl methyl sites for hydroxylation is 1. The lowest BCUT2D eigenvalue weighted by Crippen LogP contribution is -2.30. The Morgan fingerprint density at radius 2 is 2.40 bits per heavy atom. The lowest BCUT2D eigenvalue weighted by molar-refractivity contribution is 0.0945. The summed E-state index contributed by atoms with van der Waals surface area (Å²) in [6, 6.07) is 1.82. The van der Waals surface area contributed by atoms with Crippen molar-refractivity contribution in [2.45, 2.75) is 19.9 Å². The maximum Gasteiger partial charge on any atom is 0.267 e. The quantitative estimate of drug-likeness (QED) is 0.851. The standard InChI is InChI=1S/C10H16BrN3O/c1-2-5-14-7-8(11)6-9(14)10(15)13-4-3-12/h6-7H,2-5,12H2,1H3,(H,13,15). The van der Waals surface area contributed by atoms with E-state index in [2.05, 4.69) is 28.2 Å². The first-order chi connectivity index (χ1) is 7.19. The van der Waals surface area contributed by atoms with Gasteiger partial charge in [0.15, 0.2) is 0 Å². The van der Waals surface area contributed by atoms with Gasteiger partial charge >= 0.3 is 0 Å². The van der Waals surface area contributed by atoms with E-state index in [0.717, 1.165) is 17.4 Å². The average molecular weight is 274 g/mol. The molecule has 0 aliphatic heterocycles. The zero-order valence-corrected chi connectivity index (χ0v) is 10.4. The topological polar surface area (TPSA) is 60.0 Å². The molecule has 0 aliphatic carbocycles. The second kappa shape index (κ2) is 5.92. The molecule has 3 N–H and O–H groups in total. The van der Waals surface area contributed by atoms with E-state index < -0.39 is 0 Å². The third-order valence-corrected chi connectivity index (χ3v) is 2.42. The number of amides is 1. The highest BCUT2D eigenvalue weighted by atomic mass is 79.9. The van der Waals surface area contributed by atoms with E-state index in [4.69, 9.17) is 5.73 Å². The summed E-state index contributed by atoms with van der Waals surface area (Å²) >= 11 is 3.36. The van der Waals surface area contributed by atoms with Gasteiger partial charge in [-0.1, -0.05) is 6.92 Å². The number of hydrogen-bond acceptors (Lipinski definition) is 2. The van der Waals surface area contributed by atoms with E-state index in [1.807, 2.05) is 16.8 Å². The fourth-order valence-electron chi connectivity index (χ4n) is 1.37. The number of hydrogen-bond donors (Lipinski definition) is 2. The molecule has 0 fully saturated rings. The van der Waals surface area contributed by atoms with Crippen molar-refractivity contribution >= 4 is 21.8 Å². The first-order valence-corrected chi connectivity index (χ1v) is 5.82. The fourth-order valence-corrected chi connectivity index (χ4v) is 1.83. The normalized spacial score (nSPS) is 10.3. The highest BCUT2D eigenvalue weighted by Gasteiger charge is 2.11. The lowest BCUT2D eigenvalue weighted by atomic mass is 10.3. The minimum atomic E-state index is -0.0698. The summed E-state index contributed by atoms with van der Waals surface area (Å²) in [5, 5.41) is 2.76. The number of nitrogens with two attached hydrogens (primary N) is 1. The molecule has 1 rings (SSSR count). The number of carbonyl (C=O) groups is 1. The van der Waals surface area contributed by atoms with Gasteiger partial charge in [-0.2, -0.15) is 0 Å². The van der Waals surface area contributed by atoms with Crippen molar-refractivity contribution in [1.82, 2.24) is 9.88 Å². The average Bonchev–Trinajstić information content (AvgIpc) is 2.57. The zero-order valence-electron chi connectivity index (χ0n) is 8.79. The van der Waals surface area contributed by atoms with E-state index in [0.29, 0.717) is 18.8 Å². The molecule has 0 radical (unpaired) electrons. The second-order valence-electron chi connectivity index (χ2n) is 3.28. The van der Waals surface area contributed by atoms with Crippen molar-refractivity contribution in [2.75, 3.05) is 13.1 Å². The highest BCUT2D eigenvalue weighted by molar-refractivity contribution is 9.10. The summed E-state index contributed by atoms with van der Waals surface area (Å²) in [6.07, 6.45) is 2.92. The summed E-state index contributed by atoms with van der Waals surface area (Å²) in [7, 11) is 0. The van der Waals surface area contributed by atoms with Gasteiger partial charge < -0.3 is 15.6 Å². The molecule has 0 aliphatic rings. The molecule has 0 bridgehead atoms. The third kappa shape index (κ3) is 3.35. The molecular weight excluding hydrogens is 258 g/mol. The van der Waals surface area contributed by atoms with Gasteiger partial charge in [0, 0.05) is 30.3 Å². The van der Waals surface area contributed by atoms with Crippen LogP contribution in [0, 0.1) is 0 Å². The molecule has 1 heterocycles. The van der Waals surface area contributed by atoms with Crippen LogP contribution in [0.2, 0.25) is 0 Å². The van der Waals surface area contributed by atoms with Gasteiger partial charge in [-0.05, 0) is 28.4 Å². The maximum atomic E-state index is 11.7. The van der Waals surface area contributed by atoms with Crippen molar-refractivity contribution in [1.29, 1.82) is 0 Å². The molecule has 0 aromatic carbocycles. The molecule has 5 heteroatoms. The molecule has 0 saturated carbocycles. The van der Waals surface area contributed by atoms with Crippen LogP contribution in [-0.4, -0.2) is 23.6 Å². The monoisotopic (exact) mass is 273 g/mol. The summed E-state index contributed by atoms with van der Waals surface area (Å²) < 4.78 is 2.87. The molecule has 15 heavy (non-hydrogen) atoms.